The van der Waals surface area contributed by atoms with Crippen molar-refractivity contribution in [2.75, 3.05) is 19.6 Å². The number of hydrogen-bond acceptors (Lipinski definition) is 2. The van der Waals surface area contributed by atoms with Crippen LogP contribution in [0.25, 0.3) is 0 Å². The molecule has 0 bridgehead atoms. The molecule has 2 rings (SSSR count). The van der Waals surface area contributed by atoms with Gasteiger partial charge < -0.3 is 5.32 Å². The van der Waals surface area contributed by atoms with E-state index in [2.05, 4.69) is 54.4 Å². The van der Waals surface area contributed by atoms with Gasteiger partial charge in [0.1, 0.15) is 0 Å². The summed E-state index contributed by atoms with van der Waals surface area (Å²) >= 11 is 0. The summed E-state index contributed by atoms with van der Waals surface area (Å²) in [5.41, 5.74) is 1.47. The molecule has 19 heavy (non-hydrogen) atoms. The predicted octanol–water partition coefficient (Wildman–Crippen LogP) is 3.08. The Morgan fingerprint density at radius 2 is 1.95 bits per heavy atom. The maximum absolute atomic E-state index is 3.67. The monoisotopic (exact) mass is 260 g/mol. The van der Waals surface area contributed by atoms with Crippen molar-refractivity contribution in [2.24, 2.45) is 0 Å². The highest BCUT2D eigenvalue weighted by molar-refractivity contribution is 5.14. The highest BCUT2D eigenvalue weighted by atomic mass is 15.2. The quantitative estimate of drug-likeness (QED) is 0.845. The minimum absolute atomic E-state index is 0.694. The minimum atomic E-state index is 0.694. The zero-order valence-corrected chi connectivity index (χ0v) is 12.4. The summed E-state index contributed by atoms with van der Waals surface area (Å²) in [5, 5.41) is 3.67. The van der Waals surface area contributed by atoms with E-state index in [0.717, 1.165) is 6.04 Å². The number of benzene rings is 1. The number of nitrogens with one attached hydrogen (secondary N) is 1. The van der Waals surface area contributed by atoms with Crippen LogP contribution in [0, 0.1) is 0 Å². The van der Waals surface area contributed by atoms with Crippen LogP contribution in [0.15, 0.2) is 30.3 Å². The maximum atomic E-state index is 3.67. The molecule has 1 aromatic rings. The molecule has 1 aliphatic heterocycles. The molecule has 1 aliphatic rings. The van der Waals surface area contributed by atoms with E-state index in [1.54, 1.807) is 0 Å². The topological polar surface area (TPSA) is 15.3 Å². The van der Waals surface area contributed by atoms with Crippen molar-refractivity contribution in [3.63, 3.8) is 0 Å². The van der Waals surface area contributed by atoms with Gasteiger partial charge in [-0.1, -0.05) is 44.2 Å². The lowest BCUT2D eigenvalue weighted by atomic mass is 10.0. The van der Waals surface area contributed by atoms with E-state index in [1.807, 2.05) is 0 Å². The van der Waals surface area contributed by atoms with Gasteiger partial charge in [0.2, 0.25) is 0 Å². The van der Waals surface area contributed by atoms with Gasteiger partial charge in [-0.15, -0.1) is 0 Å². The molecule has 106 valence electrons. The normalized spacial score (nSPS) is 24.5. The average molecular weight is 260 g/mol. The lowest BCUT2D eigenvalue weighted by Crippen LogP contribution is -2.56. The molecular formula is C17H28N2. The van der Waals surface area contributed by atoms with Crippen molar-refractivity contribution in [1.82, 2.24) is 10.2 Å². The standard InChI is InChI=1S/C17H28N2/c1-3-16-14-19(17(4-2)13-18-16)12-8-11-15-9-6-5-7-10-15/h5-7,9-10,16-18H,3-4,8,11-14H2,1-2H3/t16-,17+/m0/s1. The van der Waals surface area contributed by atoms with Gasteiger partial charge in [-0.25, -0.2) is 0 Å². The molecule has 0 saturated carbocycles. The Labute approximate surface area is 118 Å². The molecule has 1 fully saturated rings. The first-order valence-corrected chi connectivity index (χ1v) is 7.84. The van der Waals surface area contributed by atoms with E-state index in [0.29, 0.717) is 6.04 Å². The number of aryl methyl sites for hydroxylation is 1. The molecule has 0 aliphatic carbocycles. The van der Waals surface area contributed by atoms with Crippen LogP contribution in [0.1, 0.15) is 38.7 Å². The van der Waals surface area contributed by atoms with Crippen molar-refractivity contribution in [2.45, 2.75) is 51.6 Å². The minimum Gasteiger partial charge on any atom is -0.311 e. The van der Waals surface area contributed by atoms with Crippen LogP contribution < -0.4 is 5.32 Å². The van der Waals surface area contributed by atoms with Gasteiger partial charge in [0, 0.05) is 25.2 Å². The zero-order valence-electron chi connectivity index (χ0n) is 12.4. The van der Waals surface area contributed by atoms with E-state index in [-0.39, 0.29) is 0 Å². The molecule has 1 saturated heterocycles. The third kappa shape index (κ3) is 4.32. The summed E-state index contributed by atoms with van der Waals surface area (Å²) in [7, 11) is 0. The second-order valence-electron chi connectivity index (χ2n) is 5.66. The zero-order chi connectivity index (χ0) is 13.5. The van der Waals surface area contributed by atoms with E-state index in [9.17, 15) is 0 Å². The fourth-order valence-corrected chi connectivity index (χ4v) is 3.01. The van der Waals surface area contributed by atoms with Crippen molar-refractivity contribution >= 4 is 0 Å². The van der Waals surface area contributed by atoms with Crippen molar-refractivity contribution in [3.8, 4) is 0 Å². The Balaban J connectivity index is 1.79. The molecule has 1 aromatic carbocycles. The van der Waals surface area contributed by atoms with E-state index >= 15 is 0 Å². The third-order valence-corrected chi connectivity index (χ3v) is 4.33. The fraction of sp³-hybridized carbons (Fsp3) is 0.647. The number of piperazine rings is 1. The summed E-state index contributed by atoms with van der Waals surface area (Å²) in [5.74, 6) is 0. The Morgan fingerprint density at radius 3 is 2.63 bits per heavy atom. The first kappa shape index (κ1) is 14.5. The summed E-state index contributed by atoms with van der Waals surface area (Å²) in [4.78, 5) is 2.70. The van der Waals surface area contributed by atoms with E-state index < -0.39 is 0 Å². The van der Waals surface area contributed by atoms with Gasteiger partial charge in [-0.2, -0.15) is 0 Å². The van der Waals surface area contributed by atoms with Gasteiger partial charge in [0.05, 0.1) is 0 Å². The number of nitrogens with zero attached hydrogens (tertiary/aromatic N) is 1. The molecule has 0 radical (unpaired) electrons. The van der Waals surface area contributed by atoms with Crippen molar-refractivity contribution in [3.05, 3.63) is 35.9 Å². The highest BCUT2D eigenvalue weighted by Gasteiger charge is 2.24. The van der Waals surface area contributed by atoms with Crippen LogP contribution in [0.5, 0.6) is 0 Å². The van der Waals surface area contributed by atoms with Crippen LogP contribution >= 0.6 is 0 Å². The molecule has 0 spiro atoms. The molecule has 2 heteroatoms. The molecule has 0 unspecified atom stereocenters. The first-order valence-electron chi connectivity index (χ1n) is 7.84. The average Bonchev–Trinajstić information content (AvgIpc) is 2.48. The second-order valence-corrected chi connectivity index (χ2v) is 5.66. The number of rotatable bonds is 6. The van der Waals surface area contributed by atoms with Crippen LogP contribution in [0.2, 0.25) is 0 Å². The molecule has 2 nitrogen and oxygen atoms in total. The molecule has 1 heterocycles. The second kappa shape index (κ2) is 7.66. The highest BCUT2D eigenvalue weighted by Crippen LogP contribution is 2.13. The maximum Gasteiger partial charge on any atom is 0.0218 e. The summed E-state index contributed by atoms with van der Waals surface area (Å²) < 4.78 is 0. The molecule has 0 aromatic heterocycles. The SMILES string of the molecule is CC[C@H]1CN(CCCc2ccccc2)[C@H](CC)CN1. The van der Waals surface area contributed by atoms with E-state index in [4.69, 9.17) is 0 Å². The Morgan fingerprint density at radius 1 is 1.16 bits per heavy atom. The third-order valence-electron chi connectivity index (χ3n) is 4.33. The summed E-state index contributed by atoms with van der Waals surface area (Å²) in [6.45, 7) is 8.23. The van der Waals surface area contributed by atoms with Gasteiger partial charge in [-0.05, 0) is 37.8 Å². The van der Waals surface area contributed by atoms with Gasteiger partial charge in [-0.3, -0.25) is 4.90 Å². The predicted molar refractivity (Wildman–Crippen MR) is 82.5 cm³/mol. The van der Waals surface area contributed by atoms with Crippen LogP contribution in [-0.4, -0.2) is 36.6 Å². The molecular weight excluding hydrogens is 232 g/mol. The smallest absolute Gasteiger partial charge is 0.0218 e. The first-order chi connectivity index (χ1) is 9.33. The Hall–Kier alpha value is -0.860. The van der Waals surface area contributed by atoms with Crippen LogP contribution in [-0.2, 0) is 6.42 Å². The summed E-state index contributed by atoms with van der Waals surface area (Å²) in [6, 6.07) is 12.3. The van der Waals surface area contributed by atoms with Gasteiger partial charge in [0.15, 0.2) is 0 Å². The largest absolute Gasteiger partial charge is 0.311 e. The van der Waals surface area contributed by atoms with Crippen LogP contribution in [0.3, 0.4) is 0 Å². The van der Waals surface area contributed by atoms with E-state index in [1.165, 1.54) is 50.9 Å². The van der Waals surface area contributed by atoms with Crippen LogP contribution in [0.4, 0.5) is 0 Å². The van der Waals surface area contributed by atoms with Crippen molar-refractivity contribution in [1.29, 1.82) is 0 Å². The lowest BCUT2D eigenvalue weighted by Gasteiger charge is -2.40. The molecule has 0 amide bonds. The Bertz CT molecular complexity index is 350. The lowest BCUT2D eigenvalue weighted by molar-refractivity contribution is 0.123. The van der Waals surface area contributed by atoms with Crippen molar-refractivity contribution < 1.29 is 0 Å². The fourth-order valence-electron chi connectivity index (χ4n) is 3.01. The molecule has 1 N–H and O–H groups in total. The number of hydrogen-bond donors (Lipinski definition) is 1. The van der Waals surface area contributed by atoms with Gasteiger partial charge >= 0.3 is 0 Å². The van der Waals surface area contributed by atoms with Gasteiger partial charge in [0.25, 0.3) is 0 Å². The molecule has 2 atom stereocenters. The Kier molecular flexibility index (Phi) is 5.87. The summed E-state index contributed by atoms with van der Waals surface area (Å²) in [6.07, 6.45) is 4.98.